The maximum Gasteiger partial charge on any atom is 0.410 e. The van der Waals surface area contributed by atoms with Crippen LogP contribution in [0.1, 0.15) is 32.6 Å². The molecule has 0 spiro atoms. The smallest absolute Gasteiger partial charge is 0.410 e. The van der Waals surface area contributed by atoms with Gasteiger partial charge in [0, 0.05) is 32.1 Å². The summed E-state index contributed by atoms with van der Waals surface area (Å²) in [4.78, 5) is 27.7. The summed E-state index contributed by atoms with van der Waals surface area (Å²) in [6.07, 6.45) is 2.13. The number of esters is 1. The topological polar surface area (TPSA) is 89.6 Å². The number of piperidine rings is 1. The summed E-state index contributed by atoms with van der Waals surface area (Å²) >= 11 is 5.49. The van der Waals surface area contributed by atoms with E-state index in [-0.39, 0.29) is 24.2 Å². The Morgan fingerprint density at radius 3 is 2.58 bits per heavy atom. The van der Waals surface area contributed by atoms with Crippen molar-refractivity contribution < 1.29 is 28.5 Å². The largest absolute Gasteiger partial charge is 0.497 e. The number of carbonyl (C=O) groups excluding carboxylic acids is 2. The highest BCUT2D eigenvalue weighted by atomic mass is 32.1. The molecule has 0 saturated carbocycles. The second-order valence-corrected chi connectivity index (χ2v) is 8.39. The van der Waals surface area contributed by atoms with Crippen LogP contribution < -0.4 is 14.8 Å². The van der Waals surface area contributed by atoms with Gasteiger partial charge in [-0.3, -0.25) is 4.79 Å². The number of carbonyl (C=O) groups is 2. The summed E-state index contributed by atoms with van der Waals surface area (Å²) in [5.74, 6) is 1.29. The summed E-state index contributed by atoms with van der Waals surface area (Å²) < 4.78 is 21.4. The number of hydrogen-bond donors (Lipinski definition) is 1. The molecule has 10 heteroatoms. The molecule has 1 aromatic rings. The Labute approximate surface area is 200 Å². The lowest BCUT2D eigenvalue weighted by molar-refractivity contribution is -0.143. The molecular weight excluding hydrogens is 446 g/mol. The zero-order valence-electron chi connectivity index (χ0n) is 19.3. The van der Waals surface area contributed by atoms with E-state index in [0.717, 1.165) is 31.7 Å². The third kappa shape index (κ3) is 7.38. The van der Waals surface area contributed by atoms with Gasteiger partial charge < -0.3 is 34.1 Å². The molecule has 0 aliphatic carbocycles. The van der Waals surface area contributed by atoms with Gasteiger partial charge in [-0.2, -0.15) is 0 Å². The Morgan fingerprint density at radius 2 is 1.91 bits per heavy atom. The van der Waals surface area contributed by atoms with Crippen LogP contribution in [0, 0.1) is 0 Å². The fraction of sp³-hybridized carbons (Fsp3) is 0.609. The van der Waals surface area contributed by atoms with E-state index in [4.69, 9.17) is 31.2 Å². The van der Waals surface area contributed by atoms with E-state index in [1.54, 1.807) is 14.0 Å². The lowest BCUT2D eigenvalue weighted by atomic mass is 10.0. The normalized spacial score (nSPS) is 18.6. The van der Waals surface area contributed by atoms with Gasteiger partial charge >= 0.3 is 12.1 Å². The number of amides is 1. The van der Waals surface area contributed by atoms with Crippen molar-refractivity contribution in [2.45, 2.75) is 44.8 Å². The maximum atomic E-state index is 12.4. The zero-order valence-corrected chi connectivity index (χ0v) is 20.1. The van der Waals surface area contributed by atoms with Crippen molar-refractivity contribution in [2.24, 2.45) is 0 Å². The van der Waals surface area contributed by atoms with Gasteiger partial charge in [-0.1, -0.05) is 0 Å². The van der Waals surface area contributed by atoms with Gasteiger partial charge in [0.25, 0.3) is 0 Å². The Morgan fingerprint density at radius 1 is 1.21 bits per heavy atom. The van der Waals surface area contributed by atoms with Crippen LogP contribution in [0.5, 0.6) is 11.5 Å². The Kier molecular flexibility index (Phi) is 9.41. The summed E-state index contributed by atoms with van der Waals surface area (Å²) in [6.45, 7) is 5.21. The molecule has 1 unspecified atom stereocenters. The van der Waals surface area contributed by atoms with E-state index < -0.39 is 0 Å². The molecule has 2 aliphatic heterocycles. The molecule has 2 aliphatic rings. The van der Waals surface area contributed by atoms with Crippen LogP contribution in [0.4, 0.5) is 4.79 Å². The van der Waals surface area contributed by atoms with Gasteiger partial charge in [-0.05, 0) is 62.7 Å². The predicted octanol–water partition coefficient (Wildman–Crippen LogP) is 2.58. The number of likely N-dealkylation sites (tertiary alicyclic amines) is 1. The van der Waals surface area contributed by atoms with E-state index >= 15 is 0 Å². The minimum Gasteiger partial charge on any atom is -0.497 e. The van der Waals surface area contributed by atoms with E-state index in [1.165, 1.54) is 0 Å². The lowest BCUT2D eigenvalue weighted by Crippen LogP contribution is -2.50. The number of cyclic esters (lactones) is 1. The molecule has 1 atom stereocenters. The van der Waals surface area contributed by atoms with Crippen LogP contribution in [-0.2, 0) is 14.3 Å². The number of thiocarbonyl (C=S) groups is 1. The van der Waals surface area contributed by atoms with Gasteiger partial charge in [0.15, 0.2) is 11.2 Å². The molecule has 33 heavy (non-hydrogen) atoms. The second-order valence-electron chi connectivity index (χ2n) is 8.00. The first-order chi connectivity index (χ1) is 16.0. The minimum atomic E-state index is -0.292. The predicted molar refractivity (Wildman–Crippen MR) is 127 cm³/mol. The quantitative estimate of drug-likeness (QED) is 0.309. The van der Waals surface area contributed by atoms with Crippen molar-refractivity contribution in [1.29, 1.82) is 0 Å². The number of nitrogens with zero attached hydrogens (tertiary/aromatic N) is 2. The van der Waals surface area contributed by atoms with Crippen LogP contribution in [0.15, 0.2) is 24.3 Å². The molecule has 2 heterocycles. The fourth-order valence-corrected chi connectivity index (χ4v) is 4.23. The van der Waals surface area contributed by atoms with Gasteiger partial charge in [-0.15, -0.1) is 0 Å². The summed E-state index contributed by atoms with van der Waals surface area (Å²) in [7, 11) is 1.62. The van der Waals surface area contributed by atoms with E-state index in [1.807, 2.05) is 29.2 Å². The first kappa shape index (κ1) is 24.9. The van der Waals surface area contributed by atoms with Crippen molar-refractivity contribution in [3.05, 3.63) is 24.3 Å². The Bertz CT molecular complexity index is 798. The van der Waals surface area contributed by atoms with Crippen molar-refractivity contribution in [3.63, 3.8) is 0 Å². The number of benzene rings is 1. The molecule has 0 radical (unpaired) electrons. The summed E-state index contributed by atoms with van der Waals surface area (Å²) in [5.41, 5.74) is 0. The van der Waals surface area contributed by atoms with Gasteiger partial charge in [-0.25, -0.2) is 4.79 Å². The van der Waals surface area contributed by atoms with Crippen LogP contribution in [-0.4, -0.2) is 85.6 Å². The molecule has 182 valence electrons. The standard InChI is InChI=1S/C23H33N3O6S/c1-3-30-21(27)5-4-12-24-22(33)25-13-10-17(11-14-25)26-15-20(32-23(26)28)16-31-19-8-6-18(29-2)7-9-19/h6-9,17,20H,3-5,10-16H2,1-2H3,(H,24,33). The average Bonchev–Trinajstić information content (AvgIpc) is 3.21. The highest BCUT2D eigenvalue weighted by molar-refractivity contribution is 7.80. The third-order valence-corrected chi connectivity index (χ3v) is 6.13. The van der Waals surface area contributed by atoms with Gasteiger partial charge in [0.1, 0.15) is 18.1 Å². The maximum absolute atomic E-state index is 12.4. The molecule has 1 N–H and O–H groups in total. The molecule has 9 nitrogen and oxygen atoms in total. The van der Waals surface area contributed by atoms with E-state index in [0.29, 0.717) is 50.0 Å². The Hall–Kier alpha value is -2.75. The van der Waals surface area contributed by atoms with Crippen molar-refractivity contribution in [1.82, 2.24) is 15.1 Å². The van der Waals surface area contributed by atoms with Crippen molar-refractivity contribution >= 4 is 29.4 Å². The van der Waals surface area contributed by atoms with Crippen LogP contribution in [0.25, 0.3) is 0 Å². The molecule has 1 aromatic carbocycles. The van der Waals surface area contributed by atoms with Crippen molar-refractivity contribution in [3.8, 4) is 11.5 Å². The number of nitrogens with one attached hydrogen (secondary N) is 1. The zero-order chi connectivity index (χ0) is 23.6. The minimum absolute atomic E-state index is 0.131. The van der Waals surface area contributed by atoms with Crippen molar-refractivity contribution in [2.75, 3.05) is 46.5 Å². The fourth-order valence-electron chi connectivity index (χ4n) is 3.94. The SMILES string of the molecule is CCOC(=O)CCCNC(=S)N1CCC(N2CC(COc3ccc(OC)cc3)OC2=O)CC1. The third-order valence-electron chi connectivity index (χ3n) is 5.73. The molecule has 0 bridgehead atoms. The van der Waals surface area contributed by atoms with Crippen LogP contribution >= 0.6 is 12.2 Å². The Balaban J connectivity index is 1.35. The van der Waals surface area contributed by atoms with Gasteiger partial charge in [0.2, 0.25) is 0 Å². The molecular formula is C23H33N3O6S. The molecule has 2 fully saturated rings. The molecule has 3 rings (SSSR count). The number of hydrogen-bond acceptors (Lipinski definition) is 7. The number of rotatable bonds is 10. The summed E-state index contributed by atoms with van der Waals surface area (Å²) in [5, 5.41) is 3.90. The second kappa shape index (κ2) is 12.5. The highest BCUT2D eigenvalue weighted by Crippen LogP contribution is 2.24. The summed E-state index contributed by atoms with van der Waals surface area (Å²) in [6, 6.07) is 7.45. The number of methoxy groups -OCH3 is 1. The average molecular weight is 480 g/mol. The van der Waals surface area contributed by atoms with E-state index in [9.17, 15) is 9.59 Å². The first-order valence-corrected chi connectivity index (χ1v) is 11.8. The van der Waals surface area contributed by atoms with Crippen LogP contribution in [0.2, 0.25) is 0 Å². The molecule has 0 aromatic heterocycles. The first-order valence-electron chi connectivity index (χ1n) is 11.4. The molecule has 2 saturated heterocycles. The van der Waals surface area contributed by atoms with Crippen LogP contribution in [0.3, 0.4) is 0 Å². The lowest BCUT2D eigenvalue weighted by Gasteiger charge is -2.36. The van der Waals surface area contributed by atoms with Gasteiger partial charge in [0.05, 0.1) is 20.3 Å². The monoisotopic (exact) mass is 479 g/mol. The number of ether oxygens (including phenoxy) is 4. The molecule has 1 amide bonds. The van der Waals surface area contributed by atoms with E-state index in [2.05, 4.69) is 10.2 Å². The highest BCUT2D eigenvalue weighted by Gasteiger charge is 2.38.